The molecule has 1 atom stereocenters. The first-order valence-corrected chi connectivity index (χ1v) is 7.70. The summed E-state index contributed by atoms with van der Waals surface area (Å²) in [7, 11) is -3.15. The maximum atomic E-state index is 11.3. The zero-order valence-electron chi connectivity index (χ0n) is 10.2. The Morgan fingerprint density at radius 2 is 2.06 bits per heavy atom. The maximum absolute atomic E-state index is 11.3. The predicted octanol–water partition coefficient (Wildman–Crippen LogP) is 0.576. The Balaban J connectivity index is 2.06. The van der Waals surface area contributed by atoms with Crippen molar-refractivity contribution in [1.29, 1.82) is 0 Å². The fraction of sp³-hybridized carbons (Fsp3) is 0.727. The molecule has 1 aliphatic rings. The third-order valence-corrected chi connectivity index (χ3v) is 3.91. The van der Waals surface area contributed by atoms with E-state index in [4.69, 9.17) is 9.84 Å². The molecule has 1 aliphatic heterocycles. The van der Waals surface area contributed by atoms with Gasteiger partial charge in [-0.25, -0.2) is 13.2 Å². The van der Waals surface area contributed by atoms with Gasteiger partial charge in [-0.2, -0.15) is 0 Å². The number of aliphatic hydroxyl groups is 1. The summed E-state index contributed by atoms with van der Waals surface area (Å²) in [6.07, 6.45) is 4.15. The van der Waals surface area contributed by atoms with Crippen LogP contribution in [0.5, 0.6) is 0 Å². The number of alkyl carbamates (subject to hydrolysis) is 1. The number of unbranched alkanes of at least 4 members (excludes halogenated alkanes) is 3. The summed E-state index contributed by atoms with van der Waals surface area (Å²) in [6.45, 7) is 0.490. The van der Waals surface area contributed by atoms with E-state index in [0.717, 1.165) is 31.1 Å². The van der Waals surface area contributed by atoms with E-state index >= 15 is 0 Å². The van der Waals surface area contributed by atoms with Crippen LogP contribution in [0.4, 0.5) is 4.79 Å². The Kier molecular flexibility index (Phi) is 6.14. The summed E-state index contributed by atoms with van der Waals surface area (Å²) in [4.78, 5) is 11.3. The summed E-state index contributed by atoms with van der Waals surface area (Å²) in [5.74, 6) is -0.0986. The van der Waals surface area contributed by atoms with Crippen LogP contribution in [-0.4, -0.2) is 44.6 Å². The first-order chi connectivity index (χ1) is 8.53. The molecule has 1 heterocycles. The highest BCUT2D eigenvalue weighted by molar-refractivity contribution is 7.94. The van der Waals surface area contributed by atoms with Crippen molar-refractivity contribution in [3.8, 4) is 0 Å². The number of carbonyl (C=O) groups excluding carboxylic acids is 1. The summed E-state index contributed by atoms with van der Waals surface area (Å²) in [5.41, 5.74) is 0. The maximum Gasteiger partial charge on any atom is 0.407 e. The molecule has 0 saturated carbocycles. The summed E-state index contributed by atoms with van der Waals surface area (Å²) in [5, 5.41) is 12.1. The molecule has 0 unspecified atom stereocenters. The molecule has 0 aliphatic carbocycles. The molecule has 0 aromatic heterocycles. The second kappa shape index (κ2) is 7.38. The minimum absolute atomic E-state index is 0.0986. The molecule has 7 heteroatoms. The predicted molar refractivity (Wildman–Crippen MR) is 66.8 cm³/mol. The first-order valence-electron chi connectivity index (χ1n) is 5.98. The number of amides is 1. The van der Waals surface area contributed by atoms with E-state index in [1.165, 1.54) is 6.08 Å². The molecule has 0 bridgehead atoms. The standard InChI is InChI=1S/C11H19NO5S/c13-6-3-1-2-4-7-17-11(14)12-10-5-8-18(15,16)9-10/h5,8,10,13H,1-4,6-7,9H2,(H,12,14)/t10-/m0/s1. The van der Waals surface area contributed by atoms with Gasteiger partial charge in [0.15, 0.2) is 9.84 Å². The van der Waals surface area contributed by atoms with E-state index in [2.05, 4.69) is 5.32 Å². The minimum atomic E-state index is -3.15. The van der Waals surface area contributed by atoms with Gasteiger partial charge in [0.2, 0.25) is 0 Å². The van der Waals surface area contributed by atoms with Crippen LogP contribution in [0.2, 0.25) is 0 Å². The van der Waals surface area contributed by atoms with Crippen LogP contribution < -0.4 is 5.32 Å². The van der Waals surface area contributed by atoms with Crippen molar-refractivity contribution in [2.75, 3.05) is 19.0 Å². The number of hydrogen-bond acceptors (Lipinski definition) is 5. The Labute approximate surface area is 107 Å². The molecule has 0 saturated heterocycles. The number of rotatable bonds is 7. The van der Waals surface area contributed by atoms with Crippen molar-refractivity contribution in [2.24, 2.45) is 0 Å². The van der Waals surface area contributed by atoms with E-state index in [9.17, 15) is 13.2 Å². The highest BCUT2D eigenvalue weighted by Crippen LogP contribution is 2.08. The Morgan fingerprint density at radius 3 is 2.67 bits per heavy atom. The van der Waals surface area contributed by atoms with Gasteiger partial charge in [0, 0.05) is 12.0 Å². The van der Waals surface area contributed by atoms with E-state index in [1.807, 2.05) is 0 Å². The van der Waals surface area contributed by atoms with Gasteiger partial charge in [0.05, 0.1) is 18.4 Å². The molecule has 1 amide bonds. The largest absolute Gasteiger partial charge is 0.450 e. The smallest absolute Gasteiger partial charge is 0.407 e. The molecule has 18 heavy (non-hydrogen) atoms. The molecule has 0 spiro atoms. The van der Waals surface area contributed by atoms with Crippen LogP contribution in [0.1, 0.15) is 25.7 Å². The molecular weight excluding hydrogens is 258 g/mol. The van der Waals surface area contributed by atoms with Crippen molar-refractivity contribution in [3.05, 3.63) is 11.5 Å². The molecule has 0 radical (unpaired) electrons. The van der Waals surface area contributed by atoms with Crippen LogP contribution in [0.15, 0.2) is 11.5 Å². The van der Waals surface area contributed by atoms with Crippen molar-refractivity contribution >= 4 is 15.9 Å². The Morgan fingerprint density at radius 1 is 1.33 bits per heavy atom. The third-order valence-electron chi connectivity index (χ3n) is 2.52. The molecule has 104 valence electrons. The average Bonchev–Trinajstić information content (AvgIpc) is 2.63. The fourth-order valence-electron chi connectivity index (χ4n) is 1.59. The van der Waals surface area contributed by atoms with Gasteiger partial charge in [0.25, 0.3) is 0 Å². The average molecular weight is 277 g/mol. The van der Waals surface area contributed by atoms with Crippen LogP contribution in [0.25, 0.3) is 0 Å². The molecule has 2 N–H and O–H groups in total. The molecule has 0 aromatic rings. The van der Waals surface area contributed by atoms with Gasteiger partial charge in [-0.05, 0) is 25.3 Å². The minimum Gasteiger partial charge on any atom is -0.450 e. The van der Waals surface area contributed by atoms with E-state index in [-0.39, 0.29) is 12.4 Å². The highest BCUT2D eigenvalue weighted by atomic mass is 32.2. The zero-order chi connectivity index (χ0) is 13.4. The second-order valence-electron chi connectivity index (χ2n) is 4.18. The molecule has 6 nitrogen and oxygen atoms in total. The van der Waals surface area contributed by atoms with Gasteiger partial charge in [-0.3, -0.25) is 0 Å². The fourth-order valence-corrected chi connectivity index (χ4v) is 2.83. The summed E-state index contributed by atoms with van der Waals surface area (Å²) < 4.78 is 27.1. The van der Waals surface area contributed by atoms with Gasteiger partial charge >= 0.3 is 6.09 Å². The van der Waals surface area contributed by atoms with Crippen LogP contribution >= 0.6 is 0 Å². The summed E-state index contributed by atoms with van der Waals surface area (Å²) >= 11 is 0. The number of sulfone groups is 1. The lowest BCUT2D eigenvalue weighted by molar-refractivity contribution is 0.142. The lowest BCUT2D eigenvalue weighted by Crippen LogP contribution is -2.36. The van der Waals surface area contributed by atoms with Crippen LogP contribution in [0, 0.1) is 0 Å². The van der Waals surface area contributed by atoms with E-state index in [1.54, 1.807) is 0 Å². The SMILES string of the molecule is O=C(N[C@H]1C=CS(=O)(=O)C1)OCCCCCCO. The van der Waals surface area contributed by atoms with Crippen molar-refractivity contribution in [1.82, 2.24) is 5.32 Å². The van der Waals surface area contributed by atoms with Crippen molar-refractivity contribution in [2.45, 2.75) is 31.7 Å². The van der Waals surface area contributed by atoms with Gasteiger partial charge in [-0.1, -0.05) is 6.42 Å². The van der Waals surface area contributed by atoms with Gasteiger partial charge < -0.3 is 15.2 Å². The van der Waals surface area contributed by atoms with Crippen LogP contribution in [0.3, 0.4) is 0 Å². The highest BCUT2D eigenvalue weighted by Gasteiger charge is 2.23. The number of hydrogen-bond donors (Lipinski definition) is 2. The lowest BCUT2D eigenvalue weighted by atomic mass is 10.2. The molecular formula is C11H19NO5S. The van der Waals surface area contributed by atoms with Crippen molar-refractivity contribution < 1.29 is 23.1 Å². The Bertz CT molecular complexity index is 390. The lowest BCUT2D eigenvalue weighted by Gasteiger charge is -2.10. The second-order valence-corrected chi connectivity index (χ2v) is 6.11. The number of ether oxygens (including phenoxy) is 1. The van der Waals surface area contributed by atoms with Gasteiger partial charge in [-0.15, -0.1) is 0 Å². The number of nitrogens with one attached hydrogen (secondary N) is 1. The first kappa shape index (κ1) is 15.0. The molecule has 0 fully saturated rings. The topological polar surface area (TPSA) is 92.7 Å². The monoisotopic (exact) mass is 277 g/mol. The van der Waals surface area contributed by atoms with E-state index < -0.39 is 22.0 Å². The molecule has 0 aromatic carbocycles. The molecule has 1 rings (SSSR count). The third kappa shape index (κ3) is 6.02. The number of carbonyl (C=O) groups is 1. The van der Waals surface area contributed by atoms with Crippen LogP contribution in [-0.2, 0) is 14.6 Å². The zero-order valence-corrected chi connectivity index (χ0v) is 11.0. The number of aliphatic hydroxyl groups excluding tert-OH is 1. The van der Waals surface area contributed by atoms with E-state index in [0.29, 0.717) is 6.61 Å². The van der Waals surface area contributed by atoms with Crippen molar-refractivity contribution in [3.63, 3.8) is 0 Å². The quantitative estimate of drug-likeness (QED) is 0.664. The summed E-state index contributed by atoms with van der Waals surface area (Å²) in [6, 6.07) is -0.489. The van der Waals surface area contributed by atoms with Gasteiger partial charge in [0.1, 0.15) is 0 Å². The Hall–Kier alpha value is -1.08. The normalized spacial score (nSPS) is 20.8.